The molecular weight excluding hydrogens is 332 g/mol. The van der Waals surface area contributed by atoms with Gasteiger partial charge >= 0.3 is 0 Å². The minimum absolute atomic E-state index is 1.28. The van der Waals surface area contributed by atoms with E-state index in [1.165, 1.54) is 48.0 Å². The first-order valence-electron chi connectivity index (χ1n) is 8.88. The molecule has 0 unspecified atom stereocenters. The summed E-state index contributed by atoms with van der Waals surface area (Å²) >= 11 is 1.88. The Morgan fingerprint density at radius 2 is 1.27 bits per heavy atom. The van der Waals surface area contributed by atoms with Crippen LogP contribution in [0.25, 0.3) is 42.4 Å². The van der Waals surface area contributed by atoms with Crippen LogP contribution < -0.4 is 0 Å². The normalized spacial score (nSPS) is 11.3. The molecule has 26 heavy (non-hydrogen) atoms. The van der Waals surface area contributed by atoms with Gasteiger partial charge in [0, 0.05) is 20.2 Å². The molecular formula is C25H18S. The molecule has 0 N–H and O–H groups in total. The van der Waals surface area contributed by atoms with Crippen LogP contribution in [0.2, 0.25) is 0 Å². The maximum atomic E-state index is 2.27. The second-order valence-electron chi connectivity index (χ2n) is 6.64. The maximum Gasteiger partial charge on any atom is 0.0361 e. The molecule has 5 aromatic rings. The standard InChI is InChI=1S/C25H18S/c1-17-9-7-13-19(24(17)18-10-3-2-4-11-18)20-14-8-16-23-25(20)21-12-5-6-15-22(21)26-23/h2-16H,1H3. The minimum atomic E-state index is 1.28. The van der Waals surface area contributed by atoms with Crippen LogP contribution in [0.15, 0.2) is 91.0 Å². The van der Waals surface area contributed by atoms with Crippen LogP contribution in [0.3, 0.4) is 0 Å². The van der Waals surface area contributed by atoms with Gasteiger partial charge in [0.2, 0.25) is 0 Å². The van der Waals surface area contributed by atoms with Gasteiger partial charge in [-0.3, -0.25) is 0 Å². The van der Waals surface area contributed by atoms with Gasteiger partial charge in [0.25, 0.3) is 0 Å². The third kappa shape index (κ3) is 2.36. The molecule has 0 atom stereocenters. The van der Waals surface area contributed by atoms with E-state index in [1.807, 2.05) is 11.3 Å². The van der Waals surface area contributed by atoms with Crippen LogP contribution in [-0.4, -0.2) is 0 Å². The van der Waals surface area contributed by atoms with Crippen LogP contribution >= 0.6 is 11.3 Å². The van der Waals surface area contributed by atoms with Crippen LogP contribution in [0.1, 0.15) is 5.56 Å². The lowest BCUT2D eigenvalue weighted by Crippen LogP contribution is -1.89. The van der Waals surface area contributed by atoms with Crippen LogP contribution in [0, 0.1) is 6.92 Å². The number of hydrogen-bond acceptors (Lipinski definition) is 1. The van der Waals surface area contributed by atoms with Crippen molar-refractivity contribution in [1.82, 2.24) is 0 Å². The highest BCUT2D eigenvalue weighted by molar-refractivity contribution is 7.25. The van der Waals surface area contributed by atoms with Crippen LogP contribution in [0.5, 0.6) is 0 Å². The van der Waals surface area contributed by atoms with Crippen molar-refractivity contribution < 1.29 is 0 Å². The van der Waals surface area contributed by atoms with Crippen molar-refractivity contribution in [3.8, 4) is 22.3 Å². The Bertz CT molecular complexity index is 1230. The van der Waals surface area contributed by atoms with E-state index in [9.17, 15) is 0 Å². The van der Waals surface area contributed by atoms with E-state index in [0.29, 0.717) is 0 Å². The monoisotopic (exact) mass is 350 g/mol. The van der Waals surface area contributed by atoms with E-state index < -0.39 is 0 Å². The van der Waals surface area contributed by atoms with Crippen molar-refractivity contribution in [2.24, 2.45) is 0 Å². The van der Waals surface area contributed by atoms with Crippen molar-refractivity contribution in [3.05, 3.63) is 96.6 Å². The largest absolute Gasteiger partial charge is 0.135 e. The molecule has 5 rings (SSSR count). The zero-order valence-corrected chi connectivity index (χ0v) is 15.4. The number of aryl methyl sites for hydroxylation is 1. The molecule has 0 aliphatic carbocycles. The van der Waals surface area contributed by atoms with Crippen molar-refractivity contribution >= 4 is 31.5 Å². The molecule has 0 aliphatic heterocycles. The fourth-order valence-corrected chi connectivity index (χ4v) is 5.01. The Hall–Kier alpha value is -2.90. The molecule has 0 amide bonds. The molecule has 1 heterocycles. The average molecular weight is 350 g/mol. The fourth-order valence-electron chi connectivity index (χ4n) is 3.88. The average Bonchev–Trinajstić information content (AvgIpc) is 3.07. The third-order valence-electron chi connectivity index (χ3n) is 5.03. The highest BCUT2D eigenvalue weighted by atomic mass is 32.1. The predicted octanol–water partition coefficient (Wildman–Crippen LogP) is 7.70. The van der Waals surface area contributed by atoms with E-state index in [4.69, 9.17) is 0 Å². The summed E-state index contributed by atoms with van der Waals surface area (Å²) in [5.41, 5.74) is 6.55. The number of hydrogen-bond donors (Lipinski definition) is 0. The summed E-state index contributed by atoms with van der Waals surface area (Å²) in [5.74, 6) is 0. The van der Waals surface area contributed by atoms with Gasteiger partial charge in [-0.05, 0) is 46.9 Å². The van der Waals surface area contributed by atoms with Gasteiger partial charge in [-0.15, -0.1) is 11.3 Å². The Morgan fingerprint density at radius 1 is 0.577 bits per heavy atom. The van der Waals surface area contributed by atoms with E-state index >= 15 is 0 Å². The molecule has 0 fully saturated rings. The quantitative estimate of drug-likeness (QED) is 0.306. The first kappa shape index (κ1) is 15.4. The van der Waals surface area contributed by atoms with Gasteiger partial charge in [-0.1, -0.05) is 78.9 Å². The van der Waals surface area contributed by atoms with Crippen molar-refractivity contribution in [1.29, 1.82) is 0 Å². The van der Waals surface area contributed by atoms with E-state index in [0.717, 1.165) is 0 Å². The number of benzene rings is 4. The van der Waals surface area contributed by atoms with Crippen molar-refractivity contribution in [2.75, 3.05) is 0 Å². The second-order valence-corrected chi connectivity index (χ2v) is 7.72. The smallest absolute Gasteiger partial charge is 0.0361 e. The molecule has 0 saturated carbocycles. The third-order valence-corrected chi connectivity index (χ3v) is 6.16. The summed E-state index contributed by atoms with van der Waals surface area (Å²) in [5, 5.41) is 2.72. The van der Waals surface area contributed by atoms with Gasteiger partial charge in [0.1, 0.15) is 0 Å². The molecule has 0 saturated heterocycles. The molecule has 0 radical (unpaired) electrons. The van der Waals surface area contributed by atoms with E-state index in [2.05, 4.69) is 97.9 Å². The molecule has 1 heteroatoms. The Balaban J connectivity index is 1.89. The van der Waals surface area contributed by atoms with Crippen LogP contribution in [0.4, 0.5) is 0 Å². The lowest BCUT2D eigenvalue weighted by atomic mass is 9.89. The second kappa shape index (κ2) is 6.12. The SMILES string of the molecule is Cc1cccc(-c2cccc3sc4ccccc4c23)c1-c1ccccc1. The van der Waals surface area contributed by atoms with Crippen LogP contribution in [-0.2, 0) is 0 Å². The first-order chi connectivity index (χ1) is 12.8. The maximum absolute atomic E-state index is 2.27. The highest BCUT2D eigenvalue weighted by Crippen LogP contribution is 2.43. The fraction of sp³-hybridized carbons (Fsp3) is 0.0400. The van der Waals surface area contributed by atoms with Gasteiger partial charge < -0.3 is 0 Å². The zero-order chi connectivity index (χ0) is 17.5. The molecule has 4 aromatic carbocycles. The Kier molecular flexibility index (Phi) is 3.62. The van der Waals surface area contributed by atoms with Crippen molar-refractivity contribution in [2.45, 2.75) is 6.92 Å². The molecule has 0 spiro atoms. The number of thiophene rings is 1. The van der Waals surface area contributed by atoms with E-state index in [1.54, 1.807) is 0 Å². The number of fused-ring (bicyclic) bond motifs is 3. The molecule has 0 aliphatic rings. The molecule has 0 nitrogen and oxygen atoms in total. The minimum Gasteiger partial charge on any atom is -0.135 e. The first-order valence-corrected chi connectivity index (χ1v) is 9.70. The Labute approximate surface area is 157 Å². The predicted molar refractivity (Wildman–Crippen MR) is 115 cm³/mol. The summed E-state index contributed by atoms with van der Waals surface area (Å²) in [4.78, 5) is 0. The summed E-state index contributed by atoms with van der Waals surface area (Å²) < 4.78 is 2.70. The molecule has 124 valence electrons. The van der Waals surface area contributed by atoms with E-state index in [-0.39, 0.29) is 0 Å². The lowest BCUT2D eigenvalue weighted by Gasteiger charge is -2.14. The Morgan fingerprint density at radius 3 is 2.15 bits per heavy atom. The van der Waals surface area contributed by atoms with Gasteiger partial charge in [0.05, 0.1) is 0 Å². The lowest BCUT2D eigenvalue weighted by molar-refractivity contribution is 1.46. The van der Waals surface area contributed by atoms with Gasteiger partial charge in [-0.25, -0.2) is 0 Å². The number of rotatable bonds is 2. The topological polar surface area (TPSA) is 0 Å². The van der Waals surface area contributed by atoms with Gasteiger partial charge in [0.15, 0.2) is 0 Å². The zero-order valence-electron chi connectivity index (χ0n) is 14.6. The summed E-state index contributed by atoms with van der Waals surface area (Å²) in [6, 6.07) is 32.8. The van der Waals surface area contributed by atoms with Gasteiger partial charge in [-0.2, -0.15) is 0 Å². The molecule has 0 bridgehead atoms. The summed E-state index contributed by atoms with van der Waals surface area (Å²) in [6.45, 7) is 2.21. The summed E-state index contributed by atoms with van der Waals surface area (Å²) in [7, 11) is 0. The summed E-state index contributed by atoms with van der Waals surface area (Å²) in [6.07, 6.45) is 0. The molecule has 1 aromatic heterocycles. The highest BCUT2D eigenvalue weighted by Gasteiger charge is 2.15. The van der Waals surface area contributed by atoms with Crippen molar-refractivity contribution in [3.63, 3.8) is 0 Å².